The second-order valence-corrected chi connectivity index (χ2v) is 6.86. The Labute approximate surface area is 108 Å². The van der Waals surface area contributed by atoms with Crippen molar-refractivity contribution in [3.63, 3.8) is 0 Å². The lowest BCUT2D eigenvalue weighted by molar-refractivity contribution is -0.175. The van der Waals surface area contributed by atoms with Crippen LogP contribution in [0.3, 0.4) is 0 Å². The minimum Gasteiger partial charge on any atom is -0.481 e. The molecule has 0 unspecified atom stereocenters. The van der Waals surface area contributed by atoms with Gasteiger partial charge in [0.05, 0.1) is 5.92 Å². The van der Waals surface area contributed by atoms with E-state index in [1.54, 1.807) is 0 Å². The summed E-state index contributed by atoms with van der Waals surface area (Å²) >= 11 is 0. The number of carboxylic acids is 1. The van der Waals surface area contributed by atoms with Crippen molar-refractivity contribution in [2.45, 2.75) is 40.5 Å². The number of fused-ring (bicyclic) bond motifs is 3. The summed E-state index contributed by atoms with van der Waals surface area (Å²) in [6, 6.07) is 0. The van der Waals surface area contributed by atoms with Gasteiger partial charge in [0.15, 0.2) is 0 Å². The zero-order chi connectivity index (χ0) is 13.9. The molecule has 0 amide bonds. The summed E-state index contributed by atoms with van der Waals surface area (Å²) < 4.78 is 0. The largest absolute Gasteiger partial charge is 0.481 e. The van der Waals surface area contributed by atoms with Crippen LogP contribution < -0.4 is 0 Å². The third kappa shape index (κ3) is 1.49. The van der Waals surface area contributed by atoms with Crippen LogP contribution in [0.25, 0.3) is 0 Å². The summed E-state index contributed by atoms with van der Waals surface area (Å²) in [6.07, 6.45) is 1.24. The molecule has 0 heterocycles. The Bertz CT molecular complexity index is 435. The average molecular weight is 250 g/mol. The predicted molar refractivity (Wildman–Crippen MR) is 69.0 cm³/mol. The Morgan fingerprint density at radius 1 is 1.39 bits per heavy atom. The van der Waals surface area contributed by atoms with E-state index in [4.69, 9.17) is 0 Å². The minimum atomic E-state index is -0.757. The summed E-state index contributed by atoms with van der Waals surface area (Å²) in [5.74, 6) is -0.855. The maximum atomic E-state index is 12.7. The molecule has 4 atom stereocenters. The second kappa shape index (κ2) is 3.69. The highest BCUT2D eigenvalue weighted by Crippen LogP contribution is 2.62. The molecule has 3 saturated carbocycles. The highest BCUT2D eigenvalue weighted by molar-refractivity contribution is 5.94. The molecule has 2 bridgehead atoms. The van der Waals surface area contributed by atoms with Gasteiger partial charge in [-0.15, -0.1) is 0 Å². The van der Waals surface area contributed by atoms with E-state index in [1.165, 1.54) is 0 Å². The standard InChI is InChI=1S/C15H22O3/c1-8(2)10-6-11-9(12(16)17)7-15(10,5)13(18)14(11,3)4/h9-11H,1,6-7H2,2-5H3,(H,16,17)/t9-,10+,11+,15+/m1/s1. The van der Waals surface area contributed by atoms with Gasteiger partial charge in [0.1, 0.15) is 5.78 Å². The van der Waals surface area contributed by atoms with Crippen LogP contribution in [0.1, 0.15) is 40.5 Å². The first kappa shape index (κ1) is 13.3. The second-order valence-electron chi connectivity index (χ2n) is 6.86. The fourth-order valence-electron chi connectivity index (χ4n) is 4.38. The van der Waals surface area contributed by atoms with Gasteiger partial charge in [0, 0.05) is 10.8 Å². The first-order valence-electron chi connectivity index (χ1n) is 6.55. The van der Waals surface area contributed by atoms with Crippen LogP contribution in [0, 0.1) is 28.6 Å². The molecule has 3 rings (SSSR count). The molecule has 0 aliphatic heterocycles. The number of aliphatic carboxylic acids is 1. The van der Waals surface area contributed by atoms with Crippen LogP contribution in [0.5, 0.6) is 0 Å². The summed E-state index contributed by atoms with van der Waals surface area (Å²) in [5, 5.41) is 9.38. The molecule has 1 N–H and O–H groups in total. The molecule has 0 aromatic heterocycles. The lowest BCUT2D eigenvalue weighted by Gasteiger charge is -2.59. The number of hydrogen-bond acceptors (Lipinski definition) is 2. The van der Waals surface area contributed by atoms with Crippen molar-refractivity contribution >= 4 is 11.8 Å². The number of ketones is 1. The zero-order valence-corrected chi connectivity index (χ0v) is 11.6. The molecule has 0 aromatic rings. The normalized spacial score (nSPS) is 41.8. The van der Waals surface area contributed by atoms with E-state index < -0.39 is 22.7 Å². The molecule has 0 saturated heterocycles. The van der Waals surface area contributed by atoms with Crippen LogP contribution >= 0.6 is 0 Å². The van der Waals surface area contributed by atoms with Crippen molar-refractivity contribution in [3.05, 3.63) is 12.2 Å². The van der Waals surface area contributed by atoms with Crippen molar-refractivity contribution in [1.82, 2.24) is 0 Å². The van der Waals surface area contributed by atoms with E-state index in [1.807, 2.05) is 27.7 Å². The van der Waals surface area contributed by atoms with Crippen molar-refractivity contribution in [1.29, 1.82) is 0 Å². The molecule has 0 aromatic carbocycles. The molecule has 3 aliphatic rings. The Hall–Kier alpha value is -1.12. The van der Waals surface area contributed by atoms with E-state index in [2.05, 4.69) is 6.58 Å². The topological polar surface area (TPSA) is 54.4 Å². The number of hydrogen-bond donors (Lipinski definition) is 1. The Morgan fingerprint density at radius 3 is 2.39 bits per heavy atom. The lowest BCUT2D eigenvalue weighted by Crippen LogP contribution is -2.61. The smallest absolute Gasteiger partial charge is 0.306 e. The first-order valence-corrected chi connectivity index (χ1v) is 6.55. The molecule has 100 valence electrons. The first-order chi connectivity index (χ1) is 8.12. The van der Waals surface area contributed by atoms with Crippen LogP contribution in [-0.2, 0) is 9.59 Å². The zero-order valence-electron chi connectivity index (χ0n) is 11.6. The number of carbonyl (C=O) groups is 2. The maximum Gasteiger partial charge on any atom is 0.306 e. The number of allylic oxidation sites excluding steroid dienone is 1. The predicted octanol–water partition coefficient (Wildman–Crippen LogP) is 2.90. The van der Waals surface area contributed by atoms with Gasteiger partial charge >= 0.3 is 5.97 Å². The van der Waals surface area contributed by atoms with Gasteiger partial charge in [-0.05, 0) is 31.6 Å². The number of Topliss-reactive ketones (excluding diaryl/α,β-unsaturated/α-hetero) is 1. The van der Waals surface area contributed by atoms with Gasteiger partial charge in [-0.2, -0.15) is 0 Å². The number of carbonyl (C=O) groups excluding carboxylic acids is 1. The van der Waals surface area contributed by atoms with Crippen molar-refractivity contribution in [2.24, 2.45) is 28.6 Å². The molecule has 0 radical (unpaired) electrons. The molecular formula is C15H22O3. The molecule has 3 nitrogen and oxygen atoms in total. The Kier molecular flexibility index (Phi) is 2.73. The molecule has 18 heavy (non-hydrogen) atoms. The van der Waals surface area contributed by atoms with Crippen LogP contribution in [0.4, 0.5) is 0 Å². The van der Waals surface area contributed by atoms with Gasteiger partial charge in [-0.3, -0.25) is 9.59 Å². The summed E-state index contributed by atoms with van der Waals surface area (Å²) in [7, 11) is 0. The fourth-order valence-corrected chi connectivity index (χ4v) is 4.38. The molecule has 3 aliphatic carbocycles. The SMILES string of the molecule is C=C(C)[C@@H]1C[C@H]2[C@H](C(=O)O)C[C@]1(C)C(=O)C2(C)C. The highest BCUT2D eigenvalue weighted by atomic mass is 16.4. The van der Waals surface area contributed by atoms with Gasteiger partial charge in [-0.1, -0.05) is 32.9 Å². The van der Waals surface area contributed by atoms with Gasteiger partial charge in [-0.25, -0.2) is 0 Å². The Morgan fingerprint density at radius 2 is 1.94 bits per heavy atom. The van der Waals surface area contributed by atoms with Crippen molar-refractivity contribution < 1.29 is 14.7 Å². The fraction of sp³-hybridized carbons (Fsp3) is 0.733. The summed E-state index contributed by atoms with van der Waals surface area (Å²) in [5.41, 5.74) is -0.0648. The van der Waals surface area contributed by atoms with Crippen molar-refractivity contribution in [2.75, 3.05) is 0 Å². The molecule has 0 spiro atoms. The van der Waals surface area contributed by atoms with E-state index in [0.29, 0.717) is 6.42 Å². The number of rotatable bonds is 2. The molecule has 3 heteroatoms. The highest BCUT2D eigenvalue weighted by Gasteiger charge is 2.64. The van der Waals surface area contributed by atoms with E-state index in [-0.39, 0.29) is 17.6 Å². The molecular weight excluding hydrogens is 228 g/mol. The van der Waals surface area contributed by atoms with E-state index >= 15 is 0 Å². The third-order valence-electron chi connectivity index (χ3n) is 5.33. The number of carboxylic acid groups (broad SMARTS) is 1. The monoisotopic (exact) mass is 250 g/mol. The average Bonchev–Trinajstić information content (AvgIpc) is 2.24. The van der Waals surface area contributed by atoms with Gasteiger partial charge in [0.25, 0.3) is 0 Å². The van der Waals surface area contributed by atoms with Crippen LogP contribution in [0.2, 0.25) is 0 Å². The third-order valence-corrected chi connectivity index (χ3v) is 5.33. The summed E-state index contributed by atoms with van der Waals surface area (Å²) in [4.78, 5) is 24.1. The quantitative estimate of drug-likeness (QED) is 0.767. The van der Waals surface area contributed by atoms with Crippen LogP contribution in [0.15, 0.2) is 12.2 Å². The lowest BCUT2D eigenvalue weighted by atomic mass is 9.43. The van der Waals surface area contributed by atoms with E-state index in [9.17, 15) is 14.7 Å². The Balaban J connectivity index is 2.51. The van der Waals surface area contributed by atoms with E-state index in [0.717, 1.165) is 12.0 Å². The van der Waals surface area contributed by atoms with Crippen molar-refractivity contribution in [3.8, 4) is 0 Å². The van der Waals surface area contributed by atoms with Gasteiger partial charge < -0.3 is 5.11 Å². The summed E-state index contributed by atoms with van der Waals surface area (Å²) in [6.45, 7) is 11.7. The minimum absolute atomic E-state index is 0.0639. The van der Waals surface area contributed by atoms with Gasteiger partial charge in [0.2, 0.25) is 0 Å². The maximum absolute atomic E-state index is 12.7. The van der Waals surface area contributed by atoms with Crippen LogP contribution in [-0.4, -0.2) is 16.9 Å². The molecule has 3 fully saturated rings.